The summed E-state index contributed by atoms with van der Waals surface area (Å²) in [4.78, 5) is 2.48. The van der Waals surface area contributed by atoms with E-state index in [0.717, 1.165) is 44.0 Å². The summed E-state index contributed by atoms with van der Waals surface area (Å²) in [6.07, 6.45) is 3.80. The second kappa shape index (κ2) is 10.2. The zero-order valence-electron chi connectivity index (χ0n) is 15.9. The first-order chi connectivity index (χ1) is 12.2. The number of aliphatic hydroxyl groups excluding tert-OH is 1. The molecule has 2 saturated heterocycles. The maximum Gasteiger partial charge on any atom is 0.162 e. The third kappa shape index (κ3) is 5.21. The Hall–Kier alpha value is -0.720. The van der Waals surface area contributed by atoms with Gasteiger partial charge in [-0.2, -0.15) is 0 Å². The lowest BCUT2D eigenvalue weighted by Gasteiger charge is -2.35. The molecule has 0 bridgehead atoms. The molecule has 3 aliphatic rings. The summed E-state index contributed by atoms with van der Waals surface area (Å²) in [5.41, 5.74) is 1.25. The monoisotopic (exact) mass is 418 g/mol. The topological polar surface area (TPSA) is 54.0 Å². The van der Waals surface area contributed by atoms with Crippen LogP contribution in [0.25, 0.3) is 0 Å². The van der Waals surface area contributed by atoms with Crippen LogP contribution >= 0.6 is 24.8 Å². The largest absolute Gasteiger partial charge is 0.493 e. The minimum Gasteiger partial charge on any atom is -0.493 e. The highest BCUT2D eigenvalue weighted by atomic mass is 35.5. The zero-order chi connectivity index (χ0) is 17.2. The molecule has 1 aliphatic carbocycles. The van der Waals surface area contributed by atoms with E-state index in [1.807, 2.05) is 6.07 Å². The predicted molar refractivity (Wildman–Crippen MR) is 112 cm³/mol. The van der Waals surface area contributed by atoms with Gasteiger partial charge >= 0.3 is 0 Å². The second-order valence-corrected chi connectivity index (χ2v) is 7.84. The first kappa shape index (κ1) is 22.6. The minimum atomic E-state index is -0.395. The van der Waals surface area contributed by atoms with Gasteiger partial charge in [-0.05, 0) is 81.4 Å². The van der Waals surface area contributed by atoms with Gasteiger partial charge in [-0.3, -0.25) is 4.90 Å². The van der Waals surface area contributed by atoms with E-state index in [9.17, 15) is 5.11 Å². The number of nitrogens with zero attached hydrogens (tertiary/aromatic N) is 1. The average Bonchev–Trinajstić information content (AvgIpc) is 3.27. The molecule has 2 heterocycles. The van der Waals surface area contributed by atoms with Crippen LogP contribution in [0.15, 0.2) is 18.2 Å². The number of likely N-dealkylation sites (tertiary alicyclic amines) is 1. The van der Waals surface area contributed by atoms with Crippen molar-refractivity contribution in [2.45, 2.75) is 44.4 Å². The number of rotatable bonds is 5. The summed E-state index contributed by atoms with van der Waals surface area (Å²) in [5.74, 6) is 2.74. The Bertz CT molecular complexity index is 599. The fourth-order valence-electron chi connectivity index (χ4n) is 4.66. The standard InChI is InChI=1S/C20H30N2O3.2ClH/c1-24-18-5-4-14(13-22-6-2-3-7-22)8-20(18)25-19-10-16-12-21-11-15(16)9-17(19)23;;/h4-5,8,15-17,19,21,23H,2-3,6-7,9-13H2,1H3;2*1H/t15-,16+,17+,19+;;/m0../s1. The Labute approximate surface area is 174 Å². The maximum absolute atomic E-state index is 10.5. The molecule has 154 valence electrons. The van der Waals surface area contributed by atoms with Crippen LogP contribution in [0.5, 0.6) is 11.5 Å². The van der Waals surface area contributed by atoms with E-state index in [1.54, 1.807) is 7.11 Å². The van der Waals surface area contributed by atoms with Gasteiger partial charge in [0.1, 0.15) is 6.10 Å². The molecule has 1 aromatic carbocycles. The van der Waals surface area contributed by atoms with Crippen LogP contribution in [0, 0.1) is 11.8 Å². The number of hydrogen-bond acceptors (Lipinski definition) is 5. The molecule has 7 heteroatoms. The van der Waals surface area contributed by atoms with Crippen LogP contribution in [0.1, 0.15) is 31.2 Å². The molecule has 5 nitrogen and oxygen atoms in total. The Morgan fingerprint density at radius 1 is 1.07 bits per heavy atom. The average molecular weight is 419 g/mol. The van der Waals surface area contributed by atoms with Gasteiger partial charge < -0.3 is 19.9 Å². The SMILES string of the molecule is COc1ccc(CN2CCCC2)cc1O[C@@H]1C[C@@H]2CNC[C@@H]2C[C@H]1O.Cl.Cl. The number of ether oxygens (including phenoxy) is 2. The van der Waals surface area contributed by atoms with Crippen LogP contribution in [-0.4, -0.2) is 55.5 Å². The van der Waals surface area contributed by atoms with Crippen molar-refractivity contribution in [1.29, 1.82) is 0 Å². The lowest BCUT2D eigenvalue weighted by Crippen LogP contribution is -2.42. The normalized spacial score (nSPS) is 30.1. The lowest BCUT2D eigenvalue weighted by molar-refractivity contribution is -0.0241. The highest BCUT2D eigenvalue weighted by Gasteiger charge is 2.40. The van der Waals surface area contributed by atoms with E-state index in [2.05, 4.69) is 22.3 Å². The van der Waals surface area contributed by atoms with Crippen molar-refractivity contribution in [3.05, 3.63) is 23.8 Å². The Morgan fingerprint density at radius 2 is 1.78 bits per heavy atom. The Kier molecular flexibility index (Phi) is 8.50. The van der Waals surface area contributed by atoms with E-state index in [-0.39, 0.29) is 30.9 Å². The molecular weight excluding hydrogens is 387 g/mol. The Morgan fingerprint density at radius 3 is 2.48 bits per heavy atom. The summed E-state index contributed by atoms with van der Waals surface area (Å²) >= 11 is 0. The highest BCUT2D eigenvalue weighted by Crippen LogP contribution is 2.37. The number of hydrogen-bond donors (Lipinski definition) is 2. The van der Waals surface area contributed by atoms with Crippen LogP contribution in [0.3, 0.4) is 0 Å². The number of aliphatic hydroxyl groups is 1. The van der Waals surface area contributed by atoms with Crippen molar-refractivity contribution in [1.82, 2.24) is 10.2 Å². The van der Waals surface area contributed by atoms with Crippen LogP contribution in [-0.2, 0) is 6.54 Å². The van der Waals surface area contributed by atoms with E-state index in [4.69, 9.17) is 9.47 Å². The van der Waals surface area contributed by atoms with E-state index >= 15 is 0 Å². The number of halogens is 2. The van der Waals surface area contributed by atoms with Crippen LogP contribution in [0.2, 0.25) is 0 Å². The van der Waals surface area contributed by atoms with E-state index < -0.39 is 6.10 Å². The molecule has 27 heavy (non-hydrogen) atoms. The molecule has 0 spiro atoms. The first-order valence-electron chi connectivity index (χ1n) is 9.67. The van der Waals surface area contributed by atoms with Gasteiger partial charge in [0.05, 0.1) is 13.2 Å². The number of methoxy groups -OCH3 is 1. The summed E-state index contributed by atoms with van der Waals surface area (Å²) < 4.78 is 11.8. The molecule has 0 radical (unpaired) electrons. The van der Waals surface area contributed by atoms with E-state index in [1.165, 1.54) is 31.5 Å². The molecule has 2 N–H and O–H groups in total. The van der Waals surface area contributed by atoms with Crippen molar-refractivity contribution in [3.8, 4) is 11.5 Å². The predicted octanol–water partition coefficient (Wildman–Crippen LogP) is 2.87. The summed E-state index contributed by atoms with van der Waals surface area (Å²) in [5, 5.41) is 14.0. The van der Waals surface area contributed by atoms with Gasteiger partial charge in [0.15, 0.2) is 11.5 Å². The minimum absolute atomic E-state index is 0. The fourth-order valence-corrected chi connectivity index (χ4v) is 4.66. The van der Waals surface area contributed by atoms with E-state index in [0.29, 0.717) is 11.8 Å². The third-order valence-corrected chi connectivity index (χ3v) is 6.10. The summed E-state index contributed by atoms with van der Waals surface area (Å²) in [6, 6.07) is 6.22. The molecule has 4 rings (SSSR count). The first-order valence-corrected chi connectivity index (χ1v) is 9.67. The smallest absolute Gasteiger partial charge is 0.162 e. The zero-order valence-corrected chi connectivity index (χ0v) is 17.6. The van der Waals surface area contributed by atoms with Gasteiger partial charge in [-0.25, -0.2) is 0 Å². The fraction of sp³-hybridized carbons (Fsp3) is 0.700. The summed E-state index contributed by atoms with van der Waals surface area (Å²) in [7, 11) is 1.68. The number of nitrogens with one attached hydrogen (secondary N) is 1. The van der Waals surface area contributed by atoms with Crippen molar-refractivity contribution >= 4 is 24.8 Å². The lowest BCUT2D eigenvalue weighted by atomic mass is 9.78. The second-order valence-electron chi connectivity index (χ2n) is 7.84. The molecule has 4 atom stereocenters. The molecule has 0 amide bonds. The molecule has 0 aromatic heterocycles. The number of fused-ring (bicyclic) bond motifs is 1. The quantitative estimate of drug-likeness (QED) is 0.769. The molecular formula is C20H32Cl2N2O3. The Balaban J connectivity index is 0.00000131. The molecule has 1 aromatic rings. The molecule has 3 fully saturated rings. The van der Waals surface area contributed by atoms with Crippen molar-refractivity contribution in [2.75, 3.05) is 33.3 Å². The van der Waals surface area contributed by atoms with Gasteiger partial charge in [0.25, 0.3) is 0 Å². The van der Waals surface area contributed by atoms with Gasteiger partial charge in [0.2, 0.25) is 0 Å². The van der Waals surface area contributed by atoms with Gasteiger partial charge in [-0.1, -0.05) is 6.07 Å². The third-order valence-electron chi connectivity index (χ3n) is 6.10. The van der Waals surface area contributed by atoms with Crippen molar-refractivity contribution < 1.29 is 14.6 Å². The highest BCUT2D eigenvalue weighted by molar-refractivity contribution is 5.85. The van der Waals surface area contributed by atoms with Crippen LogP contribution < -0.4 is 14.8 Å². The van der Waals surface area contributed by atoms with Crippen LogP contribution in [0.4, 0.5) is 0 Å². The maximum atomic E-state index is 10.5. The molecule has 1 saturated carbocycles. The van der Waals surface area contributed by atoms with Gasteiger partial charge in [-0.15, -0.1) is 24.8 Å². The summed E-state index contributed by atoms with van der Waals surface area (Å²) in [6.45, 7) is 5.40. The number of benzene rings is 1. The van der Waals surface area contributed by atoms with Crippen molar-refractivity contribution in [2.24, 2.45) is 11.8 Å². The molecule has 2 aliphatic heterocycles. The van der Waals surface area contributed by atoms with Crippen molar-refractivity contribution in [3.63, 3.8) is 0 Å². The molecule has 0 unspecified atom stereocenters. The van der Waals surface area contributed by atoms with Gasteiger partial charge in [0, 0.05) is 6.54 Å².